The van der Waals surface area contributed by atoms with Gasteiger partial charge in [-0.1, -0.05) is 6.92 Å². The highest BCUT2D eigenvalue weighted by Crippen LogP contribution is 2.53. The highest BCUT2D eigenvalue weighted by Gasteiger charge is 2.54. The van der Waals surface area contributed by atoms with E-state index in [-0.39, 0.29) is 34.6 Å². The Labute approximate surface area is 182 Å². The fourth-order valence-corrected chi connectivity index (χ4v) is 4.90. The standard InChI is InChI=1S/C20H23F4N5O2S/c1-19(8-20(23,24)9-19)10-29-16(14(17(21)22)15(28-29)11-3-4-11)18(30)27-12-5-6-26-13(7-12)32(2,25)31/h5-7,11,17,25H,3-4,8-10H2,1-2H3,(H,26,27,30). The van der Waals surface area contributed by atoms with Crippen molar-refractivity contribution in [3.63, 3.8) is 0 Å². The van der Waals surface area contributed by atoms with Gasteiger partial charge in [0.05, 0.1) is 21.0 Å². The quantitative estimate of drug-likeness (QED) is 0.563. The number of nitrogens with zero attached hydrogens (tertiary/aromatic N) is 3. The van der Waals surface area contributed by atoms with Crippen molar-refractivity contribution in [2.45, 2.75) is 62.4 Å². The minimum atomic E-state index is -3.16. The van der Waals surface area contributed by atoms with Crippen LogP contribution in [0.15, 0.2) is 23.4 Å². The summed E-state index contributed by atoms with van der Waals surface area (Å²) in [6.07, 6.45) is -0.0170. The van der Waals surface area contributed by atoms with Crippen LogP contribution in [-0.4, -0.2) is 37.1 Å². The number of halogens is 4. The van der Waals surface area contributed by atoms with E-state index >= 15 is 0 Å². The molecule has 32 heavy (non-hydrogen) atoms. The molecule has 2 heterocycles. The number of anilines is 1. The summed E-state index contributed by atoms with van der Waals surface area (Å²) in [4.78, 5) is 17.0. The van der Waals surface area contributed by atoms with E-state index in [2.05, 4.69) is 15.4 Å². The molecule has 2 aliphatic rings. The van der Waals surface area contributed by atoms with Gasteiger partial charge in [0.2, 0.25) is 5.92 Å². The van der Waals surface area contributed by atoms with Crippen molar-refractivity contribution >= 4 is 21.3 Å². The van der Waals surface area contributed by atoms with Crippen LogP contribution in [0.3, 0.4) is 0 Å². The fraction of sp³-hybridized carbons (Fsp3) is 0.550. The third-order valence-corrected chi connectivity index (χ3v) is 6.73. The van der Waals surface area contributed by atoms with Gasteiger partial charge < -0.3 is 5.32 Å². The molecule has 0 bridgehead atoms. The lowest BCUT2D eigenvalue weighted by molar-refractivity contribution is -0.160. The number of pyridine rings is 1. The summed E-state index contributed by atoms with van der Waals surface area (Å²) in [5, 5.41) is 6.69. The van der Waals surface area contributed by atoms with Gasteiger partial charge in [-0.3, -0.25) is 9.48 Å². The molecule has 2 N–H and O–H groups in total. The van der Waals surface area contributed by atoms with Crippen molar-refractivity contribution in [1.29, 1.82) is 4.78 Å². The predicted octanol–water partition coefficient (Wildman–Crippen LogP) is 4.82. The summed E-state index contributed by atoms with van der Waals surface area (Å²) in [5.41, 5.74) is -1.44. The lowest BCUT2D eigenvalue weighted by atomic mass is 9.67. The van der Waals surface area contributed by atoms with Crippen LogP contribution >= 0.6 is 0 Å². The molecule has 2 saturated carbocycles. The molecule has 7 nitrogen and oxygen atoms in total. The summed E-state index contributed by atoms with van der Waals surface area (Å²) in [5.74, 6) is -3.87. The van der Waals surface area contributed by atoms with Gasteiger partial charge in [-0.15, -0.1) is 0 Å². The number of rotatable bonds is 7. The number of hydrogen-bond acceptors (Lipinski definition) is 5. The summed E-state index contributed by atoms with van der Waals surface area (Å²) in [6, 6.07) is 2.62. The van der Waals surface area contributed by atoms with Crippen molar-refractivity contribution < 1.29 is 26.6 Å². The van der Waals surface area contributed by atoms with E-state index in [1.807, 2.05) is 0 Å². The zero-order valence-corrected chi connectivity index (χ0v) is 18.3. The zero-order valence-electron chi connectivity index (χ0n) is 17.5. The van der Waals surface area contributed by atoms with Crippen LogP contribution in [0.1, 0.15) is 66.7 Å². The Morgan fingerprint density at radius 1 is 1.38 bits per heavy atom. The second-order valence-corrected chi connectivity index (χ2v) is 11.2. The normalized spacial score (nSPS) is 21.1. The van der Waals surface area contributed by atoms with Gasteiger partial charge in [-0.05, 0) is 30.4 Å². The first-order valence-electron chi connectivity index (χ1n) is 10.1. The molecule has 4 rings (SSSR count). The Balaban J connectivity index is 1.71. The van der Waals surface area contributed by atoms with E-state index < -0.39 is 51.8 Å². The predicted molar refractivity (Wildman–Crippen MR) is 109 cm³/mol. The molecule has 12 heteroatoms. The van der Waals surface area contributed by atoms with E-state index in [0.717, 1.165) is 4.68 Å². The second kappa shape index (κ2) is 7.53. The molecule has 174 valence electrons. The number of alkyl halides is 4. The van der Waals surface area contributed by atoms with Crippen molar-refractivity contribution in [1.82, 2.24) is 14.8 Å². The van der Waals surface area contributed by atoms with Crippen molar-refractivity contribution in [3.05, 3.63) is 35.3 Å². The van der Waals surface area contributed by atoms with Crippen LogP contribution in [0.5, 0.6) is 0 Å². The summed E-state index contributed by atoms with van der Waals surface area (Å²) >= 11 is 0. The first kappa shape index (κ1) is 22.7. The molecular weight excluding hydrogens is 450 g/mol. The van der Waals surface area contributed by atoms with Crippen LogP contribution in [-0.2, 0) is 16.3 Å². The topological polar surface area (TPSA) is 101 Å². The number of hydrogen-bond donors (Lipinski definition) is 2. The molecule has 0 saturated heterocycles. The molecule has 0 radical (unpaired) electrons. The molecule has 2 aromatic rings. The average molecular weight is 473 g/mol. The summed E-state index contributed by atoms with van der Waals surface area (Å²) in [7, 11) is -3.16. The van der Waals surface area contributed by atoms with Crippen LogP contribution < -0.4 is 5.32 Å². The number of nitrogens with one attached hydrogen (secondary N) is 2. The van der Waals surface area contributed by atoms with Crippen LogP contribution in [0.2, 0.25) is 0 Å². The molecule has 1 amide bonds. The summed E-state index contributed by atoms with van der Waals surface area (Å²) < 4.78 is 75.8. The Morgan fingerprint density at radius 3 is 2.56 bits per heavy atom. The lowest BCUT2D eigenvalue weighted by Gasteiger charge is -2.44. The van der Waals surface area contributed by atoms with Crippen molar-refractivity contribution in [2.75, 3.05) is 11.6 Å². The zero-order chi connectivity index (χ0) is 23.5. The smallest absolute Gasteiger partial charge is 0.274 e. The minimum absolute atomic E-state index is 0.0687. The molecule has 2 aliphatic carbocycles. The molecule has 2 aromatic heterocycles. The van der Waals surface area contributed by atoms with E-state index in [4.69, 9.17) is 4.78 Å². The van der Waals surface area contributed by atoms with Gasteiger partial charge in [-0.25, -0.2) is 31.5 Å². The fourth-order valence-electron chi connectivity index (χ4n) is 4.28. The van der Waals surface area contributed by atoms with Gasteiger partial charge in [0.1, 0.15) is 10.7 Å². The summed E-state index contributed by atoms with van der Waals surface area (Å²) in [6.45, 7) is 1.53. The minimum Gasteiger partial charge on any atom is -0.321 e. The number of carbonyl (C=O) groups excluding carboxylic acids is 1. The number of aromatic nitrogens is 3. The van der Waals surface area contributed by atoms with Crippen molar-refractivity contribution in [2.24, 2.45) is 5.41 Å². The monoisotopic (exact) mass is 473 g/mol. The maximum atomic E-state index is 14.0. The molecule has 2 fully saturated rings. The average Bonchev–Trinajstić information content (AvgIpc) is 3.40. The molecule has 1 unspecified atom stereocenters. The van der Waals surface area contributed by atoms with Gasteiger partial charge in [-0.2, -0.15) is 5.10 Å². The maximum Gasteiger partial charge on any atom is 0.274 e. The largest absolute Gasteiger partial charge is 0.321 e. The SMILES string of the molecule is CC1(Cn2nc(C3CC3)c(C(F)F)c2C(=O)Nc2ccnc(S(C)(=N)=O)c2)CC(F)(F)C1. The Bertz CT molecular complexity index is 1170. The van der Waals surface area contributed by atoms with Gasteiger partial charge in [0.25, 0.3) is 12.3 Å². The number of amides is 1. The van der Waals surface area contributed by atoms with E-state index in [1.165, 1.54) is 24.6 Å². The molecule has 0 aliphatic heterocycles. The Morgan fingerprint density at radius 2 is 2.03 bits per heavy atom. The third-order valence-electron chi connectivity index (χ3n) is 5.71. The lowest BCUT2D eigenvalue weighted by Crippen LogP contribution is -2.47. The van der Waals surface area contributed by atoms with E-state index in [9.17, 15) is 26.6 Å². The Hall–Kier alpha value is -2.50. The van der Waals surface area contributed by atoms with Gasteiger partial charge >= 0.3 is 0 Å². The van der Waals surface area contributed by atoms with Gasteiger partial charge in [0, 0.05) is 43.4 Å². The molecule has 1 atom stereocenters. The van der Waals surface area contributed by atoms with Crippen molar-refractivity contribution in [3.8, 4) is 0 Å². The highest BCUT2D eigenvalue weighted by molar-refractivity contribution is 7.91. The molecular formula is C20H23F4N5O2S. The number of carbonyl (C=O) groups is 1. The van der Waals surface area contributed by atoms with Gasteiger partial charge in [0.15, 0.2) is 0 Å². The third kappa shape index (κ3) is 4.50. The first-order chi connectivity index (χ1) is 14.8. The van der Waals surface area contributed by atoms with E-state index in [1.54, 1.807) is 6.92 Å². The van der Waals surface area contributed by atoms with Crippen LogP contribution in [0, 0.1) is 10.2 Å². The van der Waals surface area contributed by atoms with Crippen LogP contribution in [0.4, 0.5) is 23.2 Å². The molecule has 0 spiro atoms. The van der Waals surface area contributed by atoms with E-state index in [0.29, 0.717) is 12.8 Å². The highest BCUT2D eigenvalue weighted by atomic mass is 32.2. The van der Waals surface area contributed by atoms with Crippen LogP contribution in [0.25, 0.3) is 0 Å². The first-order valence-corrected chi connectivity index (χ1v) is 12.0. The Kier molecular flexibility index (Phi) is 5.34. The molecule has 0 aromatic carbocycles. The second-order valence-electron chi connectivity index (χ2n) is 9.08. The maximum absolute atomic E-state index is 14.0.